The lowest BCUT2D eigenvalue weighted by atomic mass is 9.84. The zero-order valence-electron chi connectivity index (χ0n) is 24.2. The van der Waals surface area contributed by atoms with Crippen LogP contribution in [-0.4, -0.2) is 53.3 Å². The molecule has 1 fully saturated rings. The minimum absolute atomic E-state index is 0.112. The molecule has 1 aromatic rings. The van der Waals surface area contributed by atoms with Crippen molar-refractivity contribution in [2.75, 3.05) is 6.54 Å². The molecule has 4 atom stereocenters. The molecule has 9 heteroatoms. The van der Waals surface area contributed by atoms with E-state index in [4.69, 9.17) is 0 Å². The molecule has 1 aromatic carbocycles. The van der Waals surface area contributed by atoms with Gasteiger partial charge in [0, 0.05) is 13.0 Å². The molecule has 1 saturated heterocycles. The van der Waals surface area contributed by atoms with E-state index in [2.05, 4.69) is 53.4 Å². The Bertz CT molecular complexity index is 1080. The summed E-state index contributed by atoms with van der Waals surface area (Å²) in [5.41, 5.74) is 4.97. The van der Waals surface area contributed by atoms with Crippen LogP contribution in [0.4, 0.5) is 0 Å². The van der Waals surface area contributed by atoms with Gasteiger partial charge in [0.15, 0.2) is 0 Å². The molecule has 2 heterocycles. The molecule has 1 unspecified atom stereocenters. The molecule has 9 nitrogen and oxygen atoms in total. The average molecular weight is 540 g/mol. The first-order valence-corrected chi connectivity index (χ1v) is 14.1. The van der Waals surface area contributed by atoms with Crippen LogP contribution in [0.25, 0.3) is 6.08 Å². The summed E-state index contributed by atoms with van der Waals surface area (Å²) < 4.78 is 0. The maximum absolute atomic E-state index is 13.2. The smallest absolute Gasteiger partial charge is 0.258 e. The highest BCUT2D eigenvalue weighted by atomic mass is 16.2. The molecule has 2 aliphatic heterocycles. The zero-order valence-corrected chi connectivity index (χ0v) is 24.2. The van der Waals surface area contributed by atoms with Gasteiger partial charge in [0.25, 0.3) is 5.91 Å². The van der Waals surface area contributed by atoms with Gasteiger partial charge < -0.3 is 16.0 Å². The molecule has 4 N–H and O–H groups in total. The second-order valence-electron chi connectivity index (χ2n) is 12.0. The number of amides is 4. The third kappa shape index (κ3) is 8.65. The molecule has 214 valence electrons. The van der Waals surface area contributed by atoms with Gasteiger partial charge in [0.2, 0.25) is 17.7 Å². The molecule has 0 saturated carbocycles. The Balaban J connectivity index is 1.85. The third-order valence-corrected chi connectivity index (χ3v) is 7.54. The number of carbonyl (C=O) groups is 4. The summed E-state index contributed by atoms with van der Waals surface area (Å²) in [7, 11) is 0. The highest BCUT2D eigenvalue weighted by molar-refractivity contribution is 5.92. The van der Waals surface area contributed by atoms with Crippen molar-refractivity contribution in [3.05, 3.63) is 41.5 Å². The van der Waals surface area contributed by atoms with E-state index in [1.165, 1.54) is 5.01 Å². The monoisotopic (exact) mass is 539 g/mol. The number of benzene rings is 1. The van der Waals surface area contributed by atoms with Crippen molar-refractivity contribution in [3.63, 3.8) is 0 Å². The number of nitrogens with zero attached hydrogens (tertiary/aromatic N) is 1. The number of hydrogen-bond donors (Lipinski definition) is 4. The van der Waals surface area contributed by atoms with Gasteiger partial charge in [0.05, 0.1) is 6.04 Å². The molecule has 3 rings (SSSR count). The molecule has 4 amide bonds. The number of allylic oxidation sites excluding steroid dienone is 1. The highest BCUT2D eigenvalue weighted by Gasteiger charge is 2.33. The second kappa shape index (κ2) is 13.2. The Morgan fingerprint density at radius 2 is 1.69 bits per heavy atom. The Morgan fingerprint density at radius 3 is 2.41 bits per heavy atom. The molecule has 4 bridgehead atoms. The van der Waals surface area contributed by atoms with Gasteiger partial charge in [-0.3, -0.25) is 24.2 Å². The van der Waals surface area contributed by atoms with Crippen LogP contribution in [-0.2, 0) is 19.2 Å². The van der Waals surface area contributed by atoms with Crippen LogP contribution in [0.5, 0.6) is 0 Å². The highest BCUT2D eigenvalue weighted by Crippen LogP contribution is 2.28. The van der Waals surface area contributed by atoms with Gasteiger partial charge in [-0.15, -0.1) is 0 Å². The van der Waals surface area contributed by atoms with Crippen molar-refractivity contribution in [1.82, 2.24) is 26.4 Å². The molecular formula is C30H45N5O4. The van der Waals surface area contributed by atoms with Crippen LogP contribution < -0.4 is 21.4 Å². The van der Waals surface area contributed by atoms with E-state index in [1.807, 2.05) is 39.0 Å². The largest absolute Gasteiger partial charge is 0.348 e. The van der Waals surface area contributed by atoms with Gasteiger partial charge in [-0.25, -0.2) is 5.43 Å². The van der Waals surface area contributed by atoms with E-state index >= 15 is 0 Å². The van der Waals surface area contributed by atoms with Crippen LogP contribution in [0.3, 0.4) is 0 Å². The predicted molar refractivity (Wildman–Crippen MR) is 152 cm³/mol. The summed E-state index contributed by atoms with van der Waals surface area (Å²) >= 11 is 0. The second-order valence-corrected chi connectivity index (χ2v) is 12.0. The minimum Gasteiger partial charge on any atom is -0.348 e. The molecule has 0 radical (unpaired) electrons. The average Bonchev–Trinajstić information content (AvgIpc) is 2.89. The Labute approximate surface area is 232 Å². The summed E-state index contributed by atoms with van der Waals surface area (Å²) in [5.74, 6) is -1.24. The first-order chi connectivity index (χ1) is 18.4. The minimum atomic E-state index is -0.824. The summed E-state index contributed by atoms with van der Waals surface area (Å²) in [6, 6.07) is 5.71. The molecule has 0 aromatic heterocycles. The summed E-state index contributed by atoms with van der Waals surface area (Å²) in [6.45, 7) is 12.0. The normalized spacial score (nSPS) is 28.4. The molecule has 0 spiro atoms. The Hall–Kier alpha value is -3.20. The predicted octanol–water partition coefficient (Wildman–Crippen LogP) is 3.23. The van der Waals surface area contributed by atoms with E-state index in [-0.39, 0.29) is 35.1 Å². The third-order valence-electron chi connectivity index (χ3n) is 7.54. The zero-order chi connectivity index (χ0) is 28.7. The van der Waals surface area contributed by atoms with Crippen molar-refractivity contribution in [2.45, 2.75) is 97.8 Å². The Morgan fingerprint density at radius 1 is 0.974 bits per heavy atom. The van der Waals surface area contributed by atoms with E-state index in [0.29, 0.717) is 32.2 Å². The standard InChI is InChI=1S/C30H45N5O4/c1-19(2)26-28(38)32-21(4)29(39)35-17-9-13-24(34-35)27(37)31-20(3)23-12-7-10-22(18-23)11-8-15-30(5,6)16-14-25(36)33-26/h7-8,10-12,18-21,24,26,34H,9,13-17H2,1-6H3,(H,31,37)(H,32,38)(H,33,36)/b11-8+/t20-,21?,24+,26+/m1/s1. The summed E-state index contributed by atoms with van der Waals surface area (Å²) in [5, 5.41) is 10.1. The molecular weight excluding hydrogens is 494 g/mol. The van der Waals surface area contributed by atoms with E-state index < -0.39 is 24.0 Å². The SMILES string of the molecule is CC1NC(=O)[C@H](C(C)C)NC(=O)CCC(C)(C)C/C=C/c2cccc(c2)[C@@H](C)NC(=O)[C@@H]2CCCN(N2)C1=O. The molecule has 0 aliphatic carbocycles. The van der Waals surface area contributed by atoms with Gasteiger partial charge in [-0.2, -0.15) is 0 Å². The van der Waals surface area contributed by atoms with E-state index in [1.54, 1.807) is 6.92 Å². The van der Waals surface area contributed by atoms with Gasteiger partial charge in [0.1, 0.15) is 18.1 Å². The maximum atomic E-state index is 13.2. The van der Waals surface area contributed by atoms with Gasteiger partial charge in [-0.05, 0) is 68.1 Å². The van der Waals surface area contributed by atoms with E-state index in [0.717, 1.165) is 17.5 Å². The lowest BCUT2D eigenvalue weighted by molar-refractivity contribution is -0.143. The lowest BCUT2D eigenvalue weighted by Crippen LogP contribution is -2.62. The maximum Gasteiger partial charge on any atom is 0.258 e. The summed E-state index contributed by atoms with van der Waals surface area (Å²) in [6.07, 6.45) is 7.20. The van der Waals surface area contributed by atoms with E-state index in [9.17, 15) is 19.2 Å². The van der Waals surface area contributed by atoms with Crippen LogP contribution in [0.15, 0.2) is 30.3 Å². The van der Waals surface area contributed by atoms with Crippen LogP contribution >= 0.6 is 0 Å². The van der Waals surface area contributed by atoms with Crippen molar-refractivity contribution < 1.29 is 19.2 Å². The van der Waals surface area contributed by atoms with Crippen molar-refractivity contribution in [1.29, 1.82) is 0 Å². The molecule has 39 heavy (non-hydrogen) atoms. The van der Waals surface area contributed by atoms with Crippen LogP contribution in [0.2, 0.25) is 0 Å². The number of nitrogens with one attached hydrogen (secondary N) is 4. The Kier molecular flexibility index (Phi) is 10.3. The number of rotatable bonds is 1. The number of hydrazine groups is 1. The number of fused-ring (bicyclic) bond motifs is 4. The summed E-state index contributed by atoms with van der Waals surface area (Å²) in [4.78, 5) is 52.2. The van der Waals surface area contributed by atoms with Crippen LogP contribution in [0, 0.1) is 11.3 Å². The lowest BCUT2D eigenvalue weighted by Gasteiger charge is -2.35. The number of carbonyl (C=O) groups excluding carboxylic acids is 4. The fourth-order valence-electron chi connectivity index (χ4n) is 4.91. The quantitative estimate of drug-likeness (QED) is 0.437. The first kappa shape index (κ1) is 30.3. The van der Waals surface area contributed by atoms with Crippen molar-refractivity contribution in [3.8, 4) is 0 Å². The first-order valence-electron chi connectivity index (χ1n) is 14.1. The van der Waals surface area contributed by atoms with Crippen molar-refractivity contribution >= 4 is 29.7 Å². The van der Waals surface area contributed by atoms with Crippen LogP contribution in [0.1, 0.15) is 90.8 Å². The molecule has 2 aliphatic rings. The fourth-order valence-corrected chi connectivity index (χ4v) is 4.91. The van der Waals surface area contributed by atoms with Crippen molar-refractivity contribution in [2.24, 2.45) is 11.3 Å². The fraction of sp³-hybridized carbons (Fsp3) is 0.600. The topological polar surface area (TPSA) is 120 Å². The van der Waals surface area contributed by atoms with Gasteiger partial charge >= 0.3 is 0 Å². The van der Waals surface area contributed by atoms with Gasteiger partial charge in [-0.1, -0.05) is 58.0 Å². The number of hydrogen-bond acceptors (Lipinski definition) is 5.